The van der Waals surface area contributed by atoms with Gasteiger partial charge in [0.05, 0.1) is 6.61 Å². The minimum absolute atomic E-state index is 0.158. The third-order valence-electron chi connectivity index (χ3n) is 2.71. The van der Waals surface area contributed by atoms with Crippen LogP contribution >= 0.6 is 0 Å². The number of aliphatic hydroxyl groups is 1. The first-order chi connectivity index (χ1) is 6.10. The van der Waals surface area contributed by atoms with Gasteiger partial charge in [-0.1, -0.05) is 0 Å². The summed E-state index contributed by atoms with van der Waals surface area (Å²) in [6.07, 6.45) is 0.892. The summed E-state index contributed by atoms with van der Waals surface area (Å²) in [5.41, 5.74) is -0.158. The molecule has 0 aromatic heterocycles. The predicted molar refractivity (Wildman–Crippen MR) is 50.4 cm³/mol. The first-order valence-corrected chi connectivity index (χ1v) is 4.65. The van der Waals surface area contributed by atoms with Crippen LogP contribution in [-0.2, 0) is 4.79 Å². The normalized spacial score (nSPS) is 20.4. The molecule has 1 saturated heterocycles. The third-order valence-corrected chi connectivity index (χ3v) is 2.71. The lowest BCUT2D eigenvalue weighted by atomic mass is 10.0. The summed E-state index contributed by atoms with van der Waals surface area (Å²) in [5, 5.41) is 9.14. The fourth-order valence-corrected chi connectivity index (χ4v) is 1.53. The molecular weight excluding hydrogens is 168 g/mol. The molecule has 4 heteroatoms. The third kappa shape index (κ3) is 2.42. The molecule has 0 bridgehead atoms. The van der Waals surface area contributed by atoms with E-state index in [9.17, 15) is 4.79 Å². The molecule has 0 aliphatic carbocycles. The largest absolute Gasteiger partial charge is 0.394 e. The van der Waals surface area contributed by atoms with Crippen LogP contribution in [0.4, 0.5) is 0 Å². The van der Waals surface area contributed by atoms with Crippen LogP contribution in [0, 0.1) is 0 Å². The Morgan fingerprint density at radius 3 is 2.23 bits per heavy atom. The molecule has 1 aliphatic heterocycles. The van der Waals surface area contributed by atoms with E-state index in [1.807, 2.05) is 13.8 Å². The smallest absolute Gasteiger partial charge is 0.209 e. The summed E-state index contributed by atoms with van der Waals surface area (Å²) in [4.78, 5) is 14.4. The van der Waals surface area contributed by atoms with E-state index in [4.69, 9.17) is 5.11 Å². The van der Waals surface area contributed by atoms with Gasteiger partial charge in [0.2, 0.25) is 6.41 Å². The van der Waals surface area contributed by atoms with Crippen molar-refractivity contribution in [1.82, 2.24) is 9.80 Å². The van der Waals surface area contributed by atoms with Gasteiger partial charge in [0.1, 0.15) is 0 Å². The van der Waals surface area contributed by atoms with Crippen molar-refractivity contribution in [2.45, 2.75) is 19.4 Å². The van der Waals surface area contributed by atoms with E-state index in [2.05, 4.69) is 4.90 Å². The fraction of sp³-hybridized carbons (Fsp3) is 0.889. The number of piperazine rings is 1. The molecule has 1 amide bonds. The summed E-state index contributed by atoms with van der Waals surface area (Å²) >= 11 is 0. The molecule has 0 saturated carbocycles. The van der Waals surface area contributed by atoms with Gasteiger partial charge in [0.15, 0.2) is 0 Å². The average Bonchev–Trinajstić information content (AvgIpc) is 2.18. The fourth-order valence-electron chi connectivity index (χ4n) is 1.53. The van der Waals surface area contributed by atoms with Gasteiger partial charge in [-0.2, -0.15) is 0 Å². The van der Waals surface area contributed by atoms with Crippen LogP contribution in [-0.4, -0.2) is 59.6 Å². The summed E-state index contributed by atoms with van der Waals surface area (Å²) in [6.45, 7) is 7.44. The molecule has 1 heterocycles. The molecule has 1 fully saturated rings. The maximum atomic E-state index is 10.4. The van der Waals surface area contributed by atoms with E-state index in [1.165, 1.54) is 0 Å². The maximum Gasteiger partial charge on any atom is 0.209 e. The number of carbonyl (C=O) groups is 1. The first-order valence-electron chi connectivity index (χ1n) is 4.65. The van der Waals surface area contributed by atoms with Crippen molar-refractivity contribution >= 4 is 6.41 Å². The molecule has 0 atom stereocenters. The van der Waals surface area contributed by atoms with Crippen LogP contribution in [0.15, 0.2) is 0 Å². The van der Waals surface area contributed by atoms with Crippen LogP contribution in [0.3, 0.4) is 0 Å². The zero-order chi connectivity index (χ0) is 9.90. The molecule has 1 N–H and O–H groups in total. The topological polar surface area (TPSA) is 43.8 Å². The second-order valence-corrected chi connectivity index (χ2v) is 4.10. The zero-order valence-electron chi connectivity index (χ0n) is 8.36. The van der Waals surface area contributed by atoms with Gasteiger partial charge in [-0.05, 0) is 13.8 Å². The lowest BCUT2D eigenvalue weighted by Gasteiger charge is -2.42. The Balaban J connectivity index is 2.44. The highest BCUT2D eigenvalue weighted by Gasteiger charge is 2.28. The number of carbonyl (C=O) groups excluding carboxylic acids is 1. The van der Waals surface area contributed by atoms with Crippen molar-refractivity contribution in [3.8, 4) is 0 Å². The van der Waals surface area contributed by atoms with Crippen LogP contribution < -0.4 is 0 Å². The number of hydrogen-bond donors (Lipinski definition) is 1. The second kappa shape index (κ2) is 4.07. The van der Waals surface area contributed by atoms with E-state index < -0.39 is 0 Å². The Hall–Kier alpha value is -0.610. The standard InChI is InChI=1S/C9H18N2O2/c1-9(2,7-12)11-5-3-10(8-13)4-6-11/h8,12H,3-7H2,1-2H3. The highest BCUT2D eigenvalue weighted by Crippen LogP contribution is 2.15. The predicted octanol–water partition coefficient (Wildman–Crippen LogP) is -0.469. The second-order valence-electron chi connectivity index (χ2n) is 4.10. The van der Waals surface area contributed by atoms with Crippen molar-refractivity contribution < 1.29 is 9.90 Å². The Kier molecular flexibility index (Phi) is 3.27. The summed E-state index contributed by atoms with van der Waals surface area (Å²) < 4.78 is 0. The van der Waals surface area contributed by atoms with Crippen LogP contribution in [0.5, 0.6) is 0 Å². The van der Waals surface area contributed by atoms with Gasteiger partial charge in [-0.15, -0.1) is 0 Å². The molecule has 1 aliphatic rings. The van der Waals surface area contributed by atoms with Gasteiger partial charge in [-0.3, -0.25) is 9.69 Å². The average molecular weight is 186 g/mol. The summed E-state index contributed by atoms with van der Waals surface area (Å²) in [7, 11) is 0. The zero-order valence-corrected chi connectivity index (χ0v) is 8.36. The lowest BCUT2D eigenvalue weighted by molar-refractivity contribution is -0.120. The summed E-state index contributed by atoms with van der Waals surface area (Å²) in [6, 6.07) is 0. The first kappa shape index (κ1) is 10.5. The van der Waals surface area contributed by atoms with E-state index >= 15 is 0 Å². The number of amides is 1. The molecule has 13 heavy (non-hydrogen) atoms. The lowest BCUT2D eigenvalue weighted by Crippen LogP contribution is -2.55. The highest BCUT2D eigenvalue weighted by atomic mass is 16.3. The molecule has 0 unspecified atom stereocenters. The quantitative estimate of drug-likeness (QED) is 0.606. The van der Waals surface area contributed by atoms with E-state index in [0.29, 0.717) is 0 Å². The van der Waals surface area contributed by atoms with Crippen molar-refractivity contribution in [1.29, 1.82) is 0 Å². The van der Waals surface area contributed by atoms with Crippen molar-refractivity contribution in [2.75, 3.05) is 32.8 Å². The molecule has 0 radical (unpaired) electrons. The Morgan fingerprint density at radius 1 is 1.31 bits per heavy atom. The van der Waals surface area contributed by atoms with Gasteiger partial charge in [0.25, 0.3) is 0 Å². The minimum atomic E-state index is -0.158. The molecular formula is C9H18N2O2. The molecule has 0 aromatic rings. The van der Waals surface area contributed by atoms with Gasteiger partial charge < -0.3 is 10.0 Å². The van der Waals surface area contributed by atoms with E-state index in [1.54, 1.807) is 4.90 Å². The van der Waals surface area contributed by atoms with E-state index in [0.717, 1.165) is 32.6 Å². The SMILES string of the molecule is CC(C)(CO)N1CCN(C=O)CC1. The monoisotopic (exact) mass is 186 g/mol. The number of nitrogens with zero attached hydrogens (tertiary/aromatic N) is 2. The molecule has 1 rings (SSSR count). The van der Waals surface area contributed by atoms with Crippen LogP contribution in [0.2, 0.25) is 0 Å². The Morgan fingerprint density at radius 2 is 1.85 bits per heavy atom. The minimum Gasteiger partial charge on any atom is -0.394 e. The van der Waals surface area contributed by atoms with Crippen molar-refractivity contribution in [3.05, 3.63) is 0 Å². The Labute approximate surface area is 79.1 Å². The van der Waals surface area contributed by atoms with Gasteiger partial charge >= 0.3 is 0 Å². The van der Waals surface area contributed by atoms with E-state index in [-0.39, 0.29) is 12.1 Å². The summed E-state index contributed by atoms with van der Waals surface area (Å²) in [5.74, 6) is 0. The number of rotatable bonds is 3. The highest BCUT2D eigenvalue weighted by molar-refractivity contribution is 5.47. The molecule has 0 aromatic carbocycles. The maximum absolute atomic E-state index is 10.4. The van der Waals surface area contributed by atoms with Crippen LogP contribution in [0.1, 0.15) is 13.8 Å². The van der Waals surface area contributed by atoms with Crippen LogP contribution in [0.25, 0.3) is 0 Å². The molecule has 4 nitrogen and oxygen atoms in total. The number of hydrogen-bond acceptors (Lipinski definition) is 3. The van der Waals surface area contributed by atoms with Crippen molar-refractivity contribution in [2.24, 2.45) is 0 Å². The molecule has 76 valence electrons. The van der Waals surface area contributed by atoms with Crippen molar-refractivity contribution in [3.63, 3.8) is 0 Å². The molecule has 0 spiro atoms. The van der Waals surface area contributed by atoms with Gasteiger partial charge in [-0.25, -0.2) is 0 Å². The van der Waals surface area contributed by atoms with Gasteiger partial charge in [0, 0.05) is 31.7 Å². The number of aliphatic hydroxyl groups excluding tert-OH is 1. The Bertz CT molecular complexity index is 174.